The predicted molar refractivity (Wildman–Crippen MR) is 91.6 cm³/mol. The Labute approximate surface area is 144 Å². The second kappa shape index (κ2) is 6.27. The molecule has 4 rings (SSSR count). The highest BCUT2D eigenvalue weighted by atomic mass is 19.1. The number of nitrogens with one attached hydrogen (secondary N) is 1. The Morgan fingerprint density at radius 2 is 1.96 bits per heavy atom. The lowest BCUT2D eigenvalue weighted by molar-refractivity contribution is -0.129. The van der Waals surface area contributed by atoms with E-state index in [1.807, 2.05) is 28.8 Å². The number of nitrogens with zero attached hydrogens (tertiary/aromatic N) is 3. The van der Waals surface area contributed by atoms with Crippen LogP contribution in [-0.4, -0.2) is 27.0 Å². The molecule has 2 heterocycles. The van der Waals surface area contributed by atoms with E-state index in [-0.39, 0.29) is 11.7 Å². The third kappa shape index (κ3) is 2.77. The third-order valence-electron chi connectivity index (χ3n) is 5.06. The van der Waals surface area contributed by atoms with Crippen LogP contribution in [0.15, 0.2) is 48.7 Å². The van der Waals surface area contributed by atoms with E-state index in [0.29, 0.717) is 13.0 Å². The second-order valence-corrected chi connectivity index (χ2v) is 6.49. The van der Waals surface area contributed by atoms with Crippen molar-refractivity contribution in [1.29, 1.82) is 0 Å². The van der Waals surface area contributed by atoms with E-state index in [9.17, 15) is 9.18 Å². The maximum absolute atomic E-state index is 13.2. The van der Waals surface area contributed by atoms with Crippen LogP contribution >= 0.6 is 0 Å². The van der Waals surface area contributed by atoms with Gasteiger partial charge in [-0.15, -0.1) is 10.2 Å². The number of carbonyl (C=O) groups excluding carboxylic acids is 1. The lowest BCUT2D eigenvalue weighted by atomic mass is 9.64. The smallest absolute Gasteiger partial charge is 0.230 e. The number of aromatic nitrogens is 3. The van der Waals surface area contributed by atoms with Crippen LogP contribution in [0.25, 0.3) is 5.65 Å². The van der Waals surface area contributed by atoms with Gasteiger partial charge in [-0.05, 0) is 42.7 Å². The molecular weight excluding hydrogens is 319 g/mol. The zero-order valence-corrected chi connectivity index (χ0v) is 13.8. The van der Waals surface area contributed by atoms with Crippen LogP contribution in [0.3, 0.4) is 0 Å². The molecule has 1 aromatic carbocycles. The number of amides is 1. The molecule has 1 fully saturated rings. The van der Waals surface area contributed by atoms with Crippen molar-refractivity contribution >= 4 is 11.6 Å². The van der Waals surface area contributed by atoms with Gasteiger partial charge in [0.05, 0.1) is 5.41 Å². The minimum absolute atomic E-state index is 0.0131. The van der Waals surface area contributed by atoms with Crippen LogP contribution in [0, 0.1) is 5.82 Å². The molecule has 1 amide bonds. The second-order valence-electron chi connectivity index (χ2n) is 6.49. The Kier molecular flexibility index (Phi) is 3.95. The van der Waals surface area contributed by atoms with Crippen molar-refractivity contribution in [3.05, 3.63) is 65.9 Å². The third-order valence-corrected chi connectivity index (χ3v) is 5.06. The van der Waals surface area contributed by atoms with Gasteiger partial charge in [0.2, 0.25) is 5.91 Å². The summed E-state index contributed by atoms with van der Waals surface area (Å²) in [4.78, 5) is 12.8. The van der Waals surface area contributed by atoms with Crippen LogP contribution < -0.4 is 5.32 Å². The maximum Gasteiger partial charge on any atom is 0.230 e. The highest BCUT2D eigenvalue weighted by molar-refractivity contribution is 5.89. The molecule has 0 radical (unpaired) electrons. The highest BCUT2D eigenvalue weighted by Gasteiger charge is 2.45. The maximum atomic E-state index is 13.2. The Morgan fingerprint density at radius 1 is 1.16 bits per heavy atom. The summed E-state index contributed by atoms with van der Waals surface area (Å²) >= 11 is 0. The molecule has 0 unspecified atom stereocenters. The molecule has 25 heavy (non-hydrogen) atoms. The largest absolute Gasteiger partial charge is 0.355 e. The number of fused-ring (bicyclic) bond motifs is 1. The van der Waals surface area contributed by atoms with Crippen molar-refractivity contribution < 1.29 is 9.18 Å². The Morgan fingerprint density at radius 3 is 2.68 bits per heavy atom. The van der Waals surface area contributed by atoms with Gasteiger partial charge in [-0.25, -0.2) is 4.39 Å². The number of pyridine rings is 1. The fraction of sp³-hybridized carbons (Fsp3) is 0.316. The molecular formula is C19H19FN4O. The van der Waals surface area contributed by atoms with E-state index in [2.05, 4.69) is 15.5 Å². The summed E-state index contributed by atoms with van der Waals surface area (Å²) in [7, 11) is 0. The summed E-state index contributed by atoms with van der Waals surface area (Å²) in [5.74, 6) is 0.553. The van der Waals surface area contributed by atoms with Gasteiger partial charge in [-0.3, -0.25) is 9.20 Å². The van der Waals surface area contributed by atoms with Crippen LogP contribution in [0.5, 0.6) is 0 Å². The summed E-state index contributed by atoms with van der Waals surface area (Å²) in [5, 5.41) is 11.3. The Bertz CT molecular complexity index is 899. The molecule has 5 nitrogen and oxygen atoms in total. The van der Waals surface area contributed by atoms with Gasteiger partial charge in [-0.1, -0.05) is 24.6 Å². The molecule has 0 aliphatic heterocycles. The average Bonchev–Trinajstić information content (AvgIpc) is 2.99. The predicted octanol–water partition coefficient (Wildman–Crippen LogP) is 2.65. The molecule has 1 aliphatic carbocycles. The van der Waals surface area contributed by atoms with Crippen molar-refractivity contribution in [2.24, 2.45) is 0 Å². The SMILES string of the molecule is O=C(NCCc1nnc2ccccn12)C1(c2ccc(F)cc2)CCC1. The molecule has 0 spiro atoms. The lowest BCUT2D eigenvalue weighted by Crippen LogP contribution is -2.49. The molecule has 3 aromatic rings. The molecule has 6 heteroatoms. The zero-order valence-electron chi connectivity index (χ0n) is 13.8. The monoisotopic (exact) mass is 338 g/mol. The average molecular weight is 338 g/mol. The summed E-state index contributed by atoms with van der Waals surface area (Å²) in [6.07, 6.45) is 5.14. The van der Waals surface area contributed by atoms with Crippen LogP contribution in [0.4, 0.5) is 4.39 Å². The summed E-state index contributed by atoms with van der Waals surface area (Å²) in [6, 6.07) is 12.0. The van der Waals surface area contributed by atoms with Crippen LogP contribution in [-0.2, 0) is 16.6 Å². The molecule has 1 saturated carbocycles. The van der Waals surface area contributed by atoms with Gasteiger partial charge < -0.3 is 5.32 Å². The standard InChI is InChI=1S/C19H19FN4O/c20-15-7-5-14(6-8-15)19(10-3-11-19)18(25)21-12-9-17-23-22-16-4-1-2-13-24(16)17/h1-2,4-8,13H,3,9-12H2,(H,21,25). The van der Waals surface area contributed by atoms with Crippen molar-refractivity contribution in [3.8, 4) is 0 Å². The summed E-state index contributed by atoms with van der Waals surface area (Å²) < 4.78 is 15.1. The van der Waals surface area contributed by atoms with Crippen molar-refractivity contribution in [1.82, 2.24) is 19.9 Å². The first-order valence-corrected chi connectivity index (χ1v) is 8.52. The molecule has 0 bridgehead atoms. The summed E-state index contributed by atoms with van der Waals surface area (Å²) in [6.45, 7) is 0.497. The van der Waals surface area contributed by atoms with Gasteiger partial charge in [0.25, 0.3) is 0 Å². The van der Waals surface area contributed by atoms with Gasteiger partial charge >= 0.3 is 0 Å². The van der Waals surface area contributed by atoms with E-state index in [0.717, 1.165) is 36.3 Å². The number of carbonyl (C=O) groups is 1. The van der Waals surface area contributed by atoms with Gasteiger partial charge in [0, 0.05) is 19.2 Å². The first kappa shape index (κ1) is 15.7. The summed E-state index contributed by atoms with van der Waals surface area (Å²) in [5.41, 5.74) is 1.18. The number of halogens is 1. The molecule has 1 aliphatic rings. The number of rotatable bonds is 5. The molecule has 128 valence electrons. The lowest BCUT2D eigenvalue weighted by Gasteiger charge is -2.40. The van der Waals surface area contributed by atoms with Crippen LogP contribution in [0.1, 0.15) is 30.7 Å². The van der Waals surface area contributed by atoms with Gasteiger partial charge in [-0.2, -0.15) is 0 Å². The Balaban J connectivity index is 1.43. The van der Waals surface area contributed by atoms with E-state index >= 15 is 0 Å². The fourth-order valence-corrected chi connectivity index (χ4v) is 3.46. The van der Waals surface area contributed by atoms with E-state index in [4.69, 9.17) is 0 Å². The first-order chi connectivity index (χ1) is 12.2. The van der Waals surface area contributed by atoms with E-state index in [1.54, 1.807) is 12.1 Å². The minimum atomic E-state index is -0.513. The molecule has 0 atom stereocenters. The number of hydrogen-bond acceptors (Lipinski definition) is 3. The van der Waals surface area contributed by atoms with Crippen molar-refractivity contribution in [2.45, 2.75) is 31.1 Å². The zero-order chi connectivity index (χ0) is 17.3. The Hall–Kier alpha value is -2.76. The van der Waals surface area contributed by atoms with E-state index in [1.165, 1.54) is 12.1 Å². The normalized spacial score (nSPS) is 15.7. The van der Waals surface area contributed by atoms with Crippen LogP contribution in [0.2, 0.25) is 0 Å². The minimum Gasteiger partial charge on any atom is -0.355 e. The topological polar surface area (TPSA) is 59.3 Å². The molecule has 1 N–H and O–H groups in total. The number of hydrogen-bond donors (Lipinski definition) is 1. The quantitative estimate of drug-likeness (QED) is 0.778. The van der Waals surface area contributed by atoms with E-state index < -0.39 is 5.41 Å². The number of benzene rings is 1. The highest BCUT2D eigenvalue weighted by Crippen LogP contribution is 2.43. The first-order valence-electron chi connectivity index (χ1n) is 8.52. The van der Waals surface area contributed by atoms with Crippen molar-refractivity contribution in [2.75, 3.05) is 6.54 Å². The van der Waals surface area contributed by atoms with Crippen molar-refractivity contribution in [3.63, 3.8) is 0 Å². The van der Waals surface area contributed by atoms with Gasteiger partial charge in [0.1, 0.15) is 11.6 Å². The van der Waals surface area contributed by atoms with Gasteiger partial charge in [0.15, 0.2) is 5.65 Å². The molecule has 2 aromatic heterocycles. The molecule has 0 saturated heterocycles. The fourth-order valence-electron chi connectivity index (χ4n) is 3.46.